The van der Waals surface area contributed by atoms with Gasteiger partial charge in [-0.05, 0) is 67.5 Å². The van der Waals surface area contributed by atoms with Gasteiger partial charge < -0.3 is 14.6 Å². The third-order valence-corrected chi connectivity index (χ3v) is 8.28. The highest BCUT2D eigenvalue weighted by molar-refractivity contribution is 7.88. The molecule has 3 saturated carbocycles. The second-order valence-electron chi connectivity index (χ2n) is 9.58. The number of nitriles is 1. The van der Waals surface area contributed by atoms with E-state index in [2.05, 4.69) is 22.2 Å². The largest absolute Gasteiger partial charge is 0.489 e. The molecule has 1 heterocycles. The van der Waals surface area contributed by atoms with Crippen molar-refractivity contribution in [3.63, 3.8) is 0 Å². The molecule has 1 atom stereocenters. The summed E-state index contributed by atoms with van der Waals surface area (Å²) in [7, 11) is -3.19. The van der Waals surface area contributed by atoms with Crippen LogP contribution in [0.5, 0.6) is 5.75 Å². The Kier molecular flexibility index (Phi) is 6.39. The van der Waals surface area contributed by atoms with E-state index in [-0.39, 0.29) is 12.1 Å². The molecular formula is C25H26Cl2N4O3S. The number of fused-ring (bicyclic) bond motifs is 2. The van der Waals surface area contributed by atoms with E-state index in [1.807, 2.05) is 29.0 Å². The Hall–Kier alpha value is -2.44. The minimum absolute atomic E-state index is 0.236. The molecule has 1 aromatic heterocycles. The first-order valence-corrected chi connectivity index (χ1v) is 14.3. The fraction of sp³-hybridized carbons (Fsp3) is 0.400. The van der Waals surface area contributed by atoms with E-state index in [0.29, 0.717) is 34.1 Å². The number of nitrogens with one attached hydrogen (secondary N) is 2. The standard InChI is InChI=1S/C25H26Cl2N4O3S/c1-35(32,33)30-25-11-18(12-25)19(13-25)15-29-20-2-3-23-16(8-20)4-6-31(23)21-9-17(14-28)24(22(27)10-21)34-7-5-26/h2-4,6,8-10,18-19,29-30H,5,7,11-13,15H2,1H3. The lowest BCUT2D eigenvalue weighted by Crippen LogP contribution is -2.51. The van der Waals surface area contributed by atoms with Gasteiger partial charge in [-0.2, -0.15) is 5.26 Å². The van der Waals surface area contributed by atoms with Crippen LogP contribution in [0.25, 0.3) is 16.6 Å². The van der Waals surface area contributed by atoms with Crippen molar-refractivity contribution in [3.05, 3.63) is 53.2 Å². The summed E-state index contributed by atoms with van der Waals surface area (Å²) in [5, 5.41) is 14.5. The molecule has 0 aliphatic heterocycles. The maximum Gasteiger partial charge on any atom is 0.209 e. The molecule has 0 saturated heterocycles. The molecule has 35 heavy (non-hydrogen) atoms. The van der Waals surface area contributed by atoms with Crippen molar-refractivity contribution >= 4 is 49.8 Å². The Labute approximate surface area is 215 Å². The summed E-state index contributed by atoms with van der Waals surface area (Å²) in [6.45, 7) is 1.09. The van der Waals surface area contributed by atoms with Gasteiger partial charge in [0.25, 0.3) is 0 Å². The number of aromatic nitrogens is 1. The number of alkyl halides is 1. The van der Waals surface area contributed by atoms with E-state index < -0.39 is 10.0 Å². The van der Waals surface area contributed by atoms with Crippen LogP contribution in [0.3, 0.4) is 0 Å². The molecule has 2 bridgehead atoms. The van der Waals surface area contributed by atoms with E-state index in [1.54, 1.807) is 12.1 Å². The summed E-state index contributed by atoms with van der Waals surface area (Å²) in [5.41, 5.74) is 2.90. The highest BCUT2D eigenvalue weighted by atomic mass is 35.5. The zero-order valence-corrected chi connectivity index (χ0v) is 21.6. The predicted molar refractivity (Wildman–Crippen MR) is 139 cm³/mol. The second kappa shape index (κ2) is 9.21. The van der Waals surface area contributed by atoms with Crippen LogP contribution in [-0.4, -0.2) is 43.8 Å². The molecule has 3 aliphatic carbocycles. The van der Waals surface area contributed by atoms with E-state index in [0.717, 1.165) is 48.1 Å². The van der Waals surface area contributed by atoms with Crippen molar-refractivity contribution in [2.75, 3.05) is 30.6 Å². The van der Waals surface area contributed by atoms with Crippen LogP contribution in [0.4, 0.5) is 5.69 Å². The van der Waals surface area contributed by atoms with Gasteiger partial charge in [-0.25, -0.2) is 13.1 Å². The minimum atomic E-state index is -3.19. The smallest absolute Gasteiger partial charge is 0.209 e. The summed E-state index contributed by atoms with van der Waals surface area (Å²) in [6, 6.07) is 13.9. The molecule has 3 aromatic rings. The minimum Gasteiger partial charge on any atom is -0.489 e. The third-order valence-electron chi connectivity index (χ3n) is 7.04. The Morgan fingerprint density at radius 3 is 2.74 bits per heavy atom. The molecule has 0 radical (unpaired) electrons. The lowest BCUT2D eigenvalue weighted by molar-refractivity contribution is 0.213. The number of sulfonamides is 1. The number of anilines is 1. The number of benzene rings is 2. The first-order valence-electron chi connectivity index (χ1n) is 11.5. The number of rotatable bonds is 9. The lowest BCUT2D eigenvalue weighted by Gasteiger charge is -2.38. The maximum absolute atomic E-state index is 11.7. The zero-order chi connectivity index (χ0) is 24.8. The molecular weight excluding hydrogens is 507 g/mol. The Morgan fingerprint density at radius 1 is 1.23 bits per heavy atom. The molecule has 2 N–H and O–H groups in total. The highest BCUT2D eigenvalue weighted by Gasteiger charge is 2.56. The van der Waals surface area contributed by atoms with Gasteiger partial charge in [-0.3, -0.25) is 0 Å². The van der Waals surface area contributed by atoms with Crippen molar-refractivity contribution in [1.29, 1.82) is 5.26 Å². The van der Waals surface area contributed by atoms with Crippen LogP contribution in [0, 0.1) is 23.2 Å². The fourth-order valence-corrected chi connectivity index (χ4v) is 7.07. The zero-order valence-electron chi connectivity index (χ0n) is 19.2. The van der Waals surface area contributed by atoms with Crippen LogP contribution < -0.4 is 14.8 Å². The van der Waals surface area contributed by atoms with Gasteiger partial charge in [0.15, 0.2) is 5.75 Å². The van der Waals surface area contributed by atoms with Gasteiger partial charge in [0, 0.05) is 35.0 Å². The Morgan fingerprint density at radius 2 is 2.03 bits per heavy atom. The normalized spacial score (nSPS) is 23.1. The van der Waals surface area contributed by atoms with E-state index in [1.165, 1.54) is 6.26 Å². The first kappa shape index (κ1) is 24.3. The SMILES string of the molecule is CS(=O)(=O)NC12CC(CNc3ccc4c(ccn4-c4cc(Cl)c(OCCCl)c(C#N)c4)c3)C(C1)C2. The van der Waals surface area contributed by atoms with E-state index in [4.69, 9.17) is 27.9 Å². The van der Waals surface area contributed by atoms with Crippen LogP contribution in [0.1, 0.15) is 24.8 Å². The van der Waals surface area contributed by atoms with Crippen molar-refractivity contribution in [1.82, 2.24) is 9.29 Å². The number of nitrogens with zero attached hydrogens (tertiary/aromatic N) is 2. The molecule has 3 fully saturated rings. The monoisotopic (exact) mass is 532 g/mol. The summed E-state index contributed by atoms with van der Waals surface area (Å²) in [4.78, 5) is 0. The molecule has 6 rings (SSSR count). The molecule has 2 aromatic carbocycles. The summed E-state index contributed by atoms with van der Waals surface area (Å²) >= 11 is 12.1. The lowest BCUT2D eigenvalue weighted by atomic mass is 9.77. The van der Waals surface area contributed by atoms with Crippen molar-refractivity contribution in [2.24, 2.45) is 11.8 Å². The highest BCUT2D eigenvalue weighted by Crippen LogP contribution is 2.55. The third kappa shape index (κ3) is 4.83. The molecule has 0 amide bonds. The van der Waals surface area contributed by atoms with Crippen molar-refractivity contribution < 1.29 is 13.2 Å². The summed E-state index contributed by atoms with van der Waals surface area (Å²) in [5.74, 6) is 1.67. The molecule has 7 nitrogen and oxygen atoms in total. The number of ether oxygens (including phenoxy) is 1. The quantitative estimate of drug-likeness (QED) is 0.382. The summed E-state index contributed by atoms with van der Waals surface area (Å²) < 4.78 is 33.8. The summed E-state index contributed by atoms with van der Waals surface area (Å²) in [6.07, 6.45) is 5.92. The van der Waals surface area contributed by atoms with Gasteiger partial charge in [-0.15, -0.1) is 11.6 Å². The number of hydrogen-bond donors (Lipinski definition) is 2. The van der Waals surface area contributed by atoms with Crippen LogP contribution in [-0.2, 0) is 10.0 Å². The van der Waals surface area contributed by atoms with Gasteiger partial charge in [0.2, 0.25) is 10.0 Å². The van der Waals surface area contributed by atoms with E-state index >= 15 is 0 Å². The Balaban J connectivity index is 1.31. The molecule has 3 aliphatic rings. The van der Waals surface area contributed by atoms with Gasteiger partial charge >= 0.3 is 0 Å². The molecule has 0 spiro atoms. The number of halogens is 2. The fourth-order valence-electron chi connectivity index (χ4n) is 5.68. The molecule has 184 valence electrons. The predicted octanol–water partition coefficient (Wildman–Crippen LogP) is 4.90. The molecule has 1 unspecified atom stereocenters. The topological polar surface area (TPSA) is 96.2 Å². The van der Waals surface area contributed by atoms with Gasteiger partial charge in [0.05, 0.1) is 28.2 Å². The maximum atomic E-state index is 11.7. The number of hydrogen-bond acceptors (Lipinski definition) is 5. The van der Waals surface area contributed by atoms with Crippen LogP contribution in [0.2, 0.25) is 5.02 Å². The van der Waals surface area contributed by atoms with Gasteiger partial charge in [-0.1, -0.05) is 11.6 Å². The Bertz CT molecular complexity index is 1420. The average Bonchev–Trinajstić information content (AvgIpc) is 3.45. The first-order chi connectivity index (χ1) is 16.7. The van der Waals surface area contributed by atoms with Crippen molar-refractivity contribution in [3.8, 4) is 17.5 Å². The van der Waals surface area contributed by atoms with Gasteiger partial charge in [0.1, 0.15) is 12.7 Å². The second-order valence-corrected chi connectivity index (χ2v) is 12.1. The van der Waals surface area contributed by atoms with Crippen molar-refractivity contribution in [2.45, 2.75) is 24.8 Å². The van der Waals surface area contributed by atoms with Crippen LogP contribution in [0.15, 0.2) is 42.6 Å². The van der Waals surface area contributed by atoms with E-state index in [9.17, 15) is 13.7 Å². The average molecular weight is 533 g/mol. The molecule has 10 heteroatoms. The van der Waals surface area contributed by atoms with Crippen LogP contribution >= 0.6 is 23.2 Å².